The third-order valence-electron chi connectivity index (χ3n) is 1.90. The Kier molecular flexibility index (Phi) is 3.34. The van der Waals surface area contributed by atoms with Crippen LogP contribution >= 0.6 is 0 Å². The summed E-state index contributed by atoms with van der Waals surface area (Å²) in [7, 11) is 0. The maximum absolute atomic E-state index is 11.5. The van der Waals surface area contributed by atoms with Crippen LogP contribution in [0.2, 0.25) is 0 Å². The quantitative estimate of drug-likeness (QED) is 0.389. The Bertz CT molecular complexity index is 207. The summed E-state index contributed by atoms with van der Waals surface area (Å²) in [6.45, 7) is 6.58. The Morgan fingerprint density at radius 3 is 2.64 bits per heavy atom. The van der Waals surface area contributed by atoms with Crippen molar-refractivity contribution in [1.82, 2.24) is 5.01 Å². The van der Waals surface area contributed by atoms with Crippen LogP contribution in [0.3, 0.4) is 0 Å². The molecule has 0 spiro atoms. The summed E-state index contributed by atoms with van der Waals surface area (Å²) in [6.07, 6.45) is 0.281. The number of hydrogen-bond donors (Lipinski definition) is 1. The number of nitrogens with zero attached hydrogens (tertiary/aromatic N) is 1. The minimum atomic E-state index is -0.506. The molecular formula is C9H18N2O3. The highest BCUT2D eigenvalue weighted by molar-refractivity contribution is 5.67. The maximum atomic E-state index is 11.5. The van der Waals surface area contributed by atoms with Crippen LogP contribution in [0, 0.1) is 0 Å². The summed E-state index contributed by atoms with van der Waals surface area (Å²) in [5.41, 5.74) is -0.506. The first-order valence-electron chi connectivity index (χ1n) is 4.75. The lowest BCUT2D eigenvalue weighted by Crippen LogP contribution is -2.48. The van der Waals surface area contributed by atoms with Crippen molar-refractivity contribution in [2.75, 3.05) is 13.2 Å². The molecule has 1 amide bonds. The lowest BCUT2D eigenvalue weighted by atomic mass is 10.2. The normalized spacial score (nSPS) is 22.1. The van der Waals surface area contributed by atoms with E-state index in [0.29, 0.717) is 13.2 Å². The van der Waals surface area contributed by atoms with Crippen LogP contribution in [-0.4, -0.2) is 36.0 Å². The van der Waals surface area contributed by atoms with Crippen molar-refractivity contribution in [3.8, 4) is 0 Å². The van der Waals surface area contributed by atoms with Crippen molar-refractivity contribution in [3.05, 3.63) is 0 Å². The van der Waals surface area contributed by atoms with Gasteiger partial charge in [-0.1, -0.05) is 0 Å². The van der Waals surface area contributed by atoms with Crippen LogP contribution in [0.15, 0.2) is 0 Å². The third kappa shape index (κ3) is 3.16. The van der Waals surface area contributed by atoms with Gasteiger partial charge in [0, 0.05) is 6.61 Å². The first-order chi connectivity index (χ1) is 6.40. The van der Waals surface area contributed by atoms with E-state index in [4.69, 9.17) is 15.3 Å². The summed E-state index contributed by atoms with van der Waals surface area (Å²) in [5, 5.41) is 1.12. The monoisotopic (exact) mass is 202 g/mol. The van der Waals surface area contributed by atoms with Gasteiger partial charge in [-0.05, 0) is 27.2 Å². The Balaban J connectivity index is 2.43. The van der Waals surface area contributed by atoms with Gasteiger partial charge in [0.25, 0.3) is 0 Å². The number of ether oxygens (including phenoxy) is 2. The van der Waals surface area contributed by atoms with Crippen LogP contribution in [0.4, 0.5) is 4.79 Å². The maximum Gasteiger partial charge on any atom is 0.424 e. The molecule has 2 N–H and O–H groups in total. The van der Waals surface area contributed by atoms with Crippen molar-refractivity contribution < 1.29 is 14.3 Å². The van der Waals surface area contributed by atoms with Crippen molar-refractivity contribution in [1.29, 1.82) is 0 Å². The molecular weight excluding hydrogens is 184 g/mol. The first-order valence-corrected chi connectivity index (χ1v) is 4.75. The fourth-order valence-electron chi connectivity index (χ4n) is 1.21. The Hall–Kier alpha value is -0.810. The number of rotatable bonds is 1. The molecule has 82 valence electrons. The molecule has 1 aliphatic heterocycles. The number of amides is 1. The molecule has 1 rings (SSSR count). The van der Waals surface area contributed by atoms with Crippen LogP contribution in [0.25, 0.3) is 0 Å². The van der Waals surface area contributed by atoms with E-state index in [1.54, 1.807) is 0 Å². The predicted octanol–water partition coefficient (Wildman–Crippen LogP) is 0.886. The minimum Gasteiger partial charge on any atom is -0.443 e. The van der Waals surface area contributed by atoms with E-state index < -0.39 is 11.7 Å². The first kappa shape index (κ1) is 11.3. The van der Waals surface area contributed by atoms with Crippen molar-refractivity contribution in [2.24, 2.45) is 5.84 Å². The van der Waals surface area contributed by atoms with Gasteiger partial charge in [0.05, 0.1) is 12.6 Å². The second kappa shape index (κ2) is 4.14. The lowest BCUT2D eigenvalue weighted by molar-refractivity contribution is 0.0144. The van der Waals surface area contributed by atoms with Crippen molar-refractivity contribution in [2.45, 2.75) is 38.8 Å². The molecule has 14 heavy (non-hydrogen) atoms. The molecule has 0 saturated carbocycles. The molecule has 0 aliphatic carbocycles. The molecule has 5 nitrogen and oxygen atoms in total. The Labute approximate surface area is 84.1 Å². The second-order valence-electron chi connectivity index (χ2n) is 4.41. The van der Waals surface area contributed by atoms with Gasteiger partial charge in [-0.15, -0.1) is 0 Å². The number of nitrogens with two attached hydrogens (primary N) is 1. The largest absolute Gasteiger partial charge is 0.443 e. The second-order valence-corrected chi connectivity index (χ2v) is 4.41. The van der Waals surface area contributed by atoms with E-state index in [0.717, 1.165) is 11.4 Å². The number of carbonyl (C=O) groups excluding carboxylic acids is 1. The molecule has 0 bridgehead atoms. The molecule has 1 saturated heterocycles. The number of hydrogen-bond acceptors (Lipinski definition) is 4. The lowest BCUT2D eigenvalue weighted by Gasteiger charge is -2.27. The summed E-state index contributed by atoms with van der Waals surface area (Å²) in [4.78, 5) is 11.5. The molecule has 1 heterocycles. The molecule has 0 unspecified atom stereocenters. The number of hydrazine groups is 1. The van der Waals surface area contributed by atoms with E-state index in [1.165, 1.54) is 0 Å². The van der Waals surface area contributed by atoms with Gasteiger partial charge in [-0.3, -0.25) is 0 Å². The standard InChI is InChI=1S/C9H18N2O3/c1-9(2,3)14-8(12)11(10)7-4-5-13-6-7/h7H,4-6,10H2,1-3H3/t7-/m0/s1. The van der Waals surface area contributed by atoms with Gasteiger partial charge in [0.2, 0.25) is 0 Å². The zero-order valence-corrected chi connectivity index (χ0v) is 8.95. The van der Waals surface area contributed by atoms with E-state index in [1.807, 2.05) is 20.8 Å². The van der Waals surface area contributed by atoms with E-state index in [9.17, 15) is 4.79 Å². The SMILES string of the molecule is CC(C)(C)OC(=O)N(N)[C@H]1CCOC1. The minimum absolute atomic E-state index is 0.0511. The highest BCUT2D eigenvalue weighted by atomic mass is 16.6. The fraction of sp³-hybridized carbons (Fsp3) is 0.889. The van der Waals surface area contributed by atoms with Gasteiger partial charge >= 0.3 is 6.09 Å². The van der Waals surface area contributed by atoms with Gasteiger partial charge < -0.3 is 9.47 Å². The van der Waals surface area contributed by atoms with Crippen molar-refractivity contribution in [3.63, 3.8) is 0 Å². The summed E-state index contributed by atoms with van der Waals surface area (Å²) >= 11 is 0. The Morgan fingerprint density at radius 2 is 2.21 bits per heavy atom. The van der Waals surface area contributed by atoms with E-state index in [-0.39, 0.29) is 6.04 Å². The average molecular weight is 202 g/mol. The molecule has 1 aliphatic rings. The highest BCUT2D eigenvalue weighted by Crippen LogP contribution is 2.13. The van der Waals surface area contributed by atoms with Crippen LogP contribution in [0.1, 0.15) is 27.2 Å². The number of carbonyl (C=O) groups is 1. The van der Waals surface area contributed by atoms with Gasteiger partial charge in [0.15, 0.2) is 0 Å². The average Bonchev–Trinajstić information content (AvgIpc) is 2.51. The molecule has 1 fully saturated rings. The molecule has 5 heteroatoms. The molecule has 0 aromatic rings. The van der Waals surface area contributed by atoms with Gasteiger partial charge in [-0.2, -0.15) is 0 Å². The summed E-state index contributed by atoms with van der Waals surface area (Å²) < 4.78 is 10.2. The van der Waals surface area contributed by atoms with E-state index in [2.05, 4.69) is 0 Å². The Morgan fingerprint density at radius 1 is 1.57 bits per heavy atom. The van der Waals surface area contributed by atoms with Crippen LogP contribution in [-0.2, 0) is 9.47 Å². The zero-order valence-electron chi connectivity index (χ0n) is 8.95. The summed E-state index contributed by atoms with van der Waals surface area (Å²) in [6, 6.07) is -0.0511. The third-order valence-corrected chi connectivity index (χ3v) is 1.90. The topological polar surface area (TPSA) is 64.8 Å². The smallest absolute Gasteiger partial charge is 0.424 e. The summed E-state index contributed by atoms with van der Waals surface area (Å²) in [5.74, 6) is 5.61. The zero-order chi connectivity index (χ0) is 10.8. The fourth-order valence-corrected chi connectivity index (χ4v) is 1.21. The predicted molar refractivity (Wildman–Crippen MR) is 51.5 cm³/mol. The molecule has 1 atom stereocenters. The van der Waals surface area contributed by atoms with Gasteiger partial charge in [-0.25, -0.2) is 15.6 Å². The van der Waals surface area contributed by atoms with Crippen molar-refractivity contribution >= 4 is 6.09 Å². The van der Waals surface area contributed by atoms with E-state index >= 15 is 0 Å². The molecule has 0 radical (unpaired) electrons. The molecule has 0 aromatic carbocycles. The van der Waals surface area contributed by atoms with Gasteiger partial charge in [0.1, 0.15) is 5.60 Å². The molecule has 0 aromatic heterocycles. The highest BCUT2D eigenvalue weighted by Gasteiger charge is 2.28. The van der Waals surface area contributed by atoms with Crippen LogP contribution in [0.5, 0.6) is 0 Å². The van der Waals surface area contributed by atoms with Crippen LogP contribution < -0.4 is 5.84 Å².